The third kappa shape index (κ3) is 7.05. The fraction of sp³-hybridized carbons (Fsp3) is 0.480. The maximum absolute atomic E-state index is 6.14. The molecule has 0 bridgehead atoms. The molecule has 0 radical (unpaired) electrons. The molecule has 0 saturated carbocycles. The maximum Gasteiger partial charge on any atom is 0.159 e. The van der Waals surface area contributed by atoms with Gasteiger partial charge in [-0.1, -0.05) is 60.5 Å². The summed E-state index contributed by atoms with van der Waals surface area (Å²) in [4.78, 5) is 5.21. The fourth-order valence-corrected chi connectivity index (χ4v) is 4.54. The van der Waals surface area contributed by atoms with Crippen LogP contribution in [0.5, 0.6) is 0 Å². The first-order chi connectivity index (χ1) is 14.7. The highest BCUT2D eigenvalue weighted by Gasteiger charge is 2.26. The number of rotatable bonds is 10. The molecule has 1 aliphatic heterocycles. The van der Waals surface area contributed by atoms with Crippen molar-refractivity contribution in [2.45, 2.75) is 38.6 Å². The molecule has 0 amide bonds. The van der Waals surface area contributed by atoms with Gasteiger partial charge in [0.15, 0.2) is 5.05 Å². The Morgan fingerprint density at radius 3 is 2.27 bits per heavy atom. The standard InChI is InChI=1S/C25H33ClN2OS/c1-2-29-24(30)11-7-4-8-16-27-17-19-28(20-18-27)25(21-9-5-3-6-10-21)22-12-14-23(26)15-13-22/h3,5-6,9-10,12-15,25H,2,4,7-8,11,16-20H2,1H3. The van der Waals surface area contributed by atoms with E-state index in [4.69, 9.17) is 28.6 Å². The molecule has 162 valence electrons. The first-order valence-electron chi connectivity index (χ1n) is 11.1. The highest BCUT2D eigenvalue weighted by molar-refractivity contribution is 7.80. The van der Waals surface area contributed by atoms with Crippen molar-refractivity contribution in [1.82, 2.24) is 9.80 Å². The van der Waals surface area contributed by atoms with Crippen LogP contribution in [-0.4, -0.2) is 54.2 Å². The van der Waals surface area contributed by atoms with Crippen LogP contribution in [0.25, 0.3) is 0 Å². The van der Waals surface area contributed by atoms with E-state index in [0.29, 0.717) is 6.61 Å². The van der Waals surface area contributed by atoms with Crippen LogP contribution >= 0.6 is 23.8 Å². The van der Waals surface area contributed by atoms with Gasteiger partial charge in [-0.05, 0) is 61.8 Å². The summed E-state index contributed by atoms with van der Waals surface area (Å²) in [7, 11) is 0. The van der Waals surface area contributed by atoms with E-state index in [0.717, 1.165) is 49.1 Å². The Hall–Kier alpha value is -1.46. The van der Waals surface area contributed by atoms with Crippen LogP contribution in [0.2, 0.25) is 5.02 Å². The van der Waals surface area contributed by atoms with Gasteiger partial charge in [-0.15, -0.1) is 0 Å². The van der Waals surface area contributed by atoms with Gasteiger partial charge in [-0.3, -0.25) is 4.90 Å². The Kier molecular flexibility index (Phi) is 9.60. The average molecular weight is 445 g/mol. The van der Waals surface area contributed by atoms with Gasteiger partial charge in [0.25, 0.3) is 0 Å². The van der Waals surface area contributed by atoms with Gasteiger partial charge in [0.05, 0.1) is 12.6 Å². The topological polar surface area (TPSA) is 15.7 Å². The van der Waals surface area contributed by atoms with Crippen molar-refractivity contribution in [3.8, 4) is 0 Å². The Bertz CT molecular complexity index is 760. The molecule has 0 spiro atoms. The molecule has 0 aliphatic carbocycles. The number of hydrogen-bond acceptors (Lipinski definition) is 4. The predicted octanol–water partition coefficient (Wildman–Crippen LogP) is 5.97. The number of ether oxygens (including phenoxy) is 1. The van der Waals surface area contributed by atoms with E-state index in [9.17, 15) is 0 Å². The first kappa shape index (κ1) is 23.2. The van der Waals surface area contributed by atoms with Gasteiger partial charge in [-0.25, -0.2) is 0 Å². The lowest BCUT2D eigenvalue weighted by molar-refractivity contribution is 0.108. The minimum absolute atomic E-state index is 0.283. The maximum atomic E-state index is 6.14. The molecular formula is C25H33ClN2OS. The Labute approximate surface area is 192 Å². The van der Waals surface area contributed by atoms with Crippen LogP contribution in [0.3, 0.4) is 0 Å². The number of halogens is 1. The van der Waals surface area contributed by atoms with Gasteiger partial charge in [0.2, 0.25) is 0 Å². The molecule has 30 heavy (non-hydrogen) atoms. The summed E-state index contributed by atoms with van der Waals surface area (Å²) in [5, 5.41) is 1.55. The summed E-state index contributed by atoms with van der Waals surface area (Å²) in [6.45, 7) is 8.24. The van der Waals surface area contributed by atoms with Crippen LogP contribution in [0, 0.1) is 0 Å². The lowest BCUT2D eigenvalue weighted by Gasteiger charge is -2.40. The molecule has 1 fully saturated rings. The number of piperazine rings is 1. The molecule has 0 aromatic heterocycles. The molecule has 2 aromatic rings. The second-order valence-corrected chi connectivity index (χ2v) is 8.75. The molecule has 1 heterocycles. The van der Waals surface area contributed by atoms with Crippen molar-refractivity contribution in [2.75, 3.05) is 39.3 Å². The third-order valence-electron chi connectivity index (χ3n) is 5.73. The number of benzene rings is 2. The monoisotopic (exact) mass is 444 g/mol. The van der Waals surface area contributed by atoms with Crippen LogP contribution in [0.4, 0.5) is 0 Å². The van der Waals surface area contributed by atoms with E-state index < -0.39 is 0 Å². The third-order valence-corrected chi connectivity index (χ3v) is 6.31. The van der Waals surface area contributed by atoms with E-state index in [1.165, 1.54) is 30.5 Å². The Morgan fingerprint density at radius 1 is 0.933 bits per heavy atom. The fourth-order valence-electron chi connectivity index (χ4n) is 4.15. The van der Waals surface area contributed by atoms with Crippen molar-refractivity contribution >= 4 is 28.9 Å². The number of unbranched alkanes of at least 4 members (excludes halogenated alkanes) is 2. The highest BCUT2D eigenvalue weighted by atomic mass is 35.5. The minimum Gasteiger partial charge on any atom is -0.487 e. The van der Waals surface area contributed by atoms with Crippen LogP contribution in [-0.2, 0) is 4.74 Å². The van der Waals surface area contributed by atoms with Crippen LogP contribution in [0.15, 0.2) is 54.6 Å². The number of hydrogen-bond donors (Lipinski definition) is 0. The number of nitrogens with zero attached hydrogens (tertiary/aromatic N) is 2. The number of thiocarbonyl (C=S) groups is 1. The molecule has 5 heteroatoms. The summed E-state index contributed by atoms with van der Waals surface area (Å²) in [5.74, 6) is 0. The van der Waals surface area contributed by atoms with Crippen molar-refractivity contribution in [3.63, 3.8) is 0 Å². The van der Waals surface area contributed by atoms with Crippen LogP contribution in [0.1, 0.15) is 49.8 Å². The summed E-state index contributed by atoms with van der Waals surface area (Å²) in [5.41, 5.74) is 2.66. The minimum atomic E-state index is 0.283. The van der Waals surface area contributed by atoms with E-state index >= 15 is 0 Å². The van der Waals surface area contributed by atoms with Crippen LogP contribution < -0.4 is 0 Å². The van der Waals surface area contributed by atoms with E-state index in [2.05, 4.69) is 52.3 Å². The van der Waals surface area contributed by atoms with Gasteiger partial charge in [-0.2, -0.15) is 0 Å². The largest absolute Gasteiger partial charge is 0.487 e. The molecule has 1 unspecified atom stereocenters. The van der Waals surface area contributed by atoms with Gasteiger partial charge < -0.3 is 9.64 Å². The predicted molar refractivity (Wildman–Crippen MR) is 130 cm³/mol. The molecular weight excluding hydrogens is 412 g/mol. The van der Waals surface area contributed by atoms with E-state index in [1.807, 2.05) is 19.1 Å². The SMILES string of the molecule is CCOC(=S)CCCCCN1CCN(C(c2ccccc2)c2ccc(Cl)cc2)CC1. The molecule has 3 nitrogen and oxygen atoms in total. The zero-order chi connectivity index (χ0) is 21.2. The van der Waals surface area contributed by atoms with Crippen molar-refractivity contribution in [2.24, 2.45) is 0 Å². The quantitative estimate of drug-likeness (QED) is 0.331. The van der Waals surface area contributed by atoms with Crippen molar-refractivity contribution in [3.05, 3.63) is 70.7 Å². The van der Waals surface area contributed by atoms with Crippen molar-refractivity contribution in [1.29, 1.82) is 0 Å². The molecule has 2 aromatic carbocycles. The smallest absolute Gasteiger partial charge is 0.159 e. The van der Waals surface area contributed by atoms with E-state index in [1.54, 1.807) is 0 Å². The van der Waals surface area contributed by atoms with Crippen molar-refractivity contribution < 1.29 is 4.74 Å². The highest BCUT2D eigenvalue weighted by Crippen LogP contribution is 2.30. The second-order valence-electron chi connectivity index (χ2n) is 7.86. The molecule has 1 aliphatic rings. The lowest BCUT2D eigenvalue weighted by Crippen LogP contribution is -2.48. The summed E-state index contributed by atoms with van der Waals surface area (Å²) in [6, 6.07) is 19.4. The summed E-state index contributed by atoms with van der Waals surface area (Å²) < 4.78 is 5.36. The Morgan fingerprint density at radius 2 is 1.60 bits per heavy atom. The summed E-state index contributed by atoms with van der Waals surface area (Å²) >= 11 is 11.3. The summed E-state index contributed by atoms with van der Waals surface area (Å²) in [6.07, 6.45) is 4.49. The zero-order valence-electron chi connectivity index (χ0n) is 17.9. The van der Waals surface area contributed by atoms with E-state index in [-0.39, 0.29) is 6.04 Å². The normalized spacial score (nSPS) is 16.3. The Balaban J connectivity index is 1.50. The molecule has 1 saturated heterocycles. The van der Waals surface area contributed by atoms with Gasteiger partial charge in [0, 0.05) is 37.6 Å². The van der Waals surface area contributed by atoms with Gasteiger partial charge in [0.1, 0.15) is 0 Å². The molecule has 0 N–H and O–H groups in total. The van der Waals surface area contributed by atoms with Gasteiger partial charge >= 0.3 is 0 Å². The average Bonchev–Trinajstić information content (AvgIpc) is 2.77. The second kappa shape index (κ2) is 12.4. The first-order valence-corrected chi connectivity index (χ1v) is 11.9. The molecule has 1 atom stereocenters. The lowest BCUT2D eigenvalue weighted by atomic mass is 9.96. The molecule has 3 rings (SSSR count). The zero-order valence-corrected chi connectivity index (χ0v) is 19.5.